The Labute approximate surface area is 143 Å². The number of hydrogen-bond donors (Lipinski definition) is 1. The lowest BCUT2D eigenvalue weighted by Crippen LogP contribution is -2.17. The van der Waals surface area contributed by atoms with Crippen molar-refractivity contribution < 1.29 is 9.52 Å². The van der Waals surface area contributed by atoms with Crippen LogP contribution in [0.25, 0.3) is 28.8 Å². The number of hydrogen-bond acceptors (Lipinski definition) is 5. The number of imidazole rings is 1. The maximum atomic E-state index is 12.0. The first-order valence-electron chi connectivity index (χ1n) is 7.01. The van der Waals surface area contributed by atoms with Crippen molar-refractivity contribution >= 4 is 44.7 Å². The van der Waals surface area contributed by atoms with Gasteiger partial charge in [-0.05, 0) is 52.8 Å². The topological polar surface area (TPSA) is 80.6 Å². The van der Waals surface area contributed by atoms with E-state index in [1.165, 1.54) is 6.07 Å². The number of halogens is 1. The number of pyridine rings is 1. The van der Waals surface area contributed by atoms with E-state index in [0.717, 1.165) is 5.52 Å². The second-order valence-corrected chi connectivity index (χ2v) is 5.91. The fourth-order valence-electron chi connectivity index (χ4n) is 2.56. The van der Waals surface area contributed by atoms with Crippen molar-refractivity contribution in [2.75, 3.05) is 0 Å². The molecule has 24 heavy (non-hydrogen) atoms. The standard InChI is InChI=1S/C17H10BrN3O3/c1-9-19-12-6-5-10(8-11(12)17(23)24-9)14(22)16-20-15(18)13-4-2-3-7-21(13)16/h2-8,22H,1H2/b14-10+. The fourth-order valence-corrected chi connectivity index (χ4v) is 3.05. The van der Waals surface area contributed by atoms with E-state index in [2.05, 4.69) is 32.5 Å². The van der Waals surface area contributed by atoms with Crippen molar-refractivity contribution in [3.63, 3.8) is 0 Å². The minimum Gasteiger partial charge on any atom is -0.504 e. The average molecular weight is 384 g/mol. The SMILES string of the molecule is C=c1nc2cc/c(=C(\O)c3nc(Br)c4ccccn34)cc2c(=O)o1. The molecule has 1 aromatic carbocycles. The Bertz CT molecular complexity index is 1270. The van der Waals surface area contributed by atoms with Crippen molar-refractivity contribution in [1.82, 2.24) is 14.4 Å². The highest BCUT2D eigenvalue weighted by Crippen LogP contribution is 2.21. The molecule has 0 radical (unpaired) electrons. The van der Waals surface area contributed by atoms with Crippen LogP contribution in [0, 0.1) is 0 Å². The van der Waals surface area contributed by atoms with Gasteiger partial charge in [0.25, 0.3) is 0 Å². The van der Waals surface area contributed by atoms with Gasteiger partial charge in [-0.3, -0.25) is 4.40 Å². The summed E-state index contributed by atoms with van der Waals surface area (Å²) in [4.78, 5) is 20.4. The Kier molecular flexibility index (Phi) is 3.24. The van der Waals surface area contributed by atoms with Gasteiger partial charge >= 0.3 is 5.63 Å². The molecule has 118 valence electrons. The van der Waals surface area contributed by atoms with Gasteiger partial charge in [0.05, 0.1) is 16.4 Å². The quantitative estimate of drug-likeness (QED) is 0.541. The highest BCUT2D eigenvalue weighted by atomic mass is 79.9. The van der Waals surface area contributed by atoms with E-state index in [0.29, 0.717) is 21.2 Å². The molecule has 0 fully saturated rings. The van der Waals surface area contributed by atoms with Crippen LogP contribution in [-0.2, 0) is 0 Å². The number of rotatable bonds is 1. The normalized spacial score (nSPS) is 12.7. The zero-order chi connectivity index (χ0) is 16.8. The molecule has 1 N–H and O–H groups in total. The van der Waals surface area contributed by atoms with Gasteiger partial charge in [0.1, 0.15) is 4.60 Å². The monoisotopic (exact) mass is 383 g/mol. The largest absolute Gasteiger partial charge is 0.504 e. The molecule has 0 aliphatic rings. The van der Waals surface area contributed by atoms with E-state index in [1.54, 1.807) is 22.7 Å². The molecule has 0 atom stereocenters. The maximum absolute atomic E-state index is 12.0. The van der Waals surface area contributed by atoms with Gasteiger partial charge in [0.15, 0.2) is 11.6 Å². The molecule has 3 heterocycles. The van der Waals surface area contributed by atoms with Gasteiger partial charge in [0, 0.05) is 11.4 Å². The van der Waals surface area contributed by atoms with Crippen molar-refractivity contribution in [2.45, 2.75) is 0 Å². The molecule has 6 nitrogen and oxygen atoms in total. The molecular formula is C17H10BrN3O3. The lowest BCUT2D eigenvalue weighted by atomic mass is 10.2. The lowest BCUT2D eigenvalue weighted by molar-refractivity contribution is 0.466. The molecule has 0 bridgehead atoms. The molecule has 0 unspecified atom stereocenters. The first-order chi connectivity index (χ1) is 11.5. The van der Waals surface area contributed by atoms with E-state index in [-0.39, 0.29) is 16.7 Å². The van der Waals surface area contributed by atoms with Crippen molar-refractivity contribution in [3.05, 3.63) is 74.2 Å². The van der Waals surface area contributed by atoms with Gasteiger partial charge in [-0.2, -0.15) is 0 Å². The molecule has 4 aromatic rings. The third-order valence-electron chi connectivity index (χ3n) is 3.66. The van der Waals surface area contributed by atoms with Crippen LogP contribution in [0.1, 0.15) is 5.82 Å². The third-order valence-corrected chi connectivity index (χ3v) is 4.24. The first-order valence-corrected chi connectivity index (χ1v) is 7.80. The van der Waals surface area contributed by atoms with Gasteiger partial charge in [-0.1, -0.05) is 6.07 Å². The average Bonchev–Trinajstić information content (AvgIpc) is 2.91. The molecule has 3 aromatic heterocycles. The number of aliphatic hydroxyl groups excluding tert-OH is 1. The second-order valence-electron chi connectivity index (χ2n) is 5.16. The van der Waals surface area contributed by atoms with Gasteiger partial charge in [-0.15, -0.1) is 0 Å². The minimum atomic E-state index is -0.547. The number of benzene rings is 1. The number of nitrogens with zero attached hydrogens (tertiary/aromatic N) is 3. The minimum absolute atomic E-state index is 0.0524. The zero-order valence-electron chi connectivity index (χ0n) is 12.2. The second kappa shape index (κ2) is 5.31. The summed E-state index contributed by atoms with van der Waals surface area (Å²) in [5.41, 5.74) is 0.787. The van der Waals surface area contributed by atoms with Crippen molar-refractivity contribution in [1.29, 1.82) is 0 Å². The summed E-state index contributed by atoms with van der Waals surface area (Å²) >= 11 is 3.38. The Morgan fingerprint density at radius 3 is 2.92 bits per heavy atom. The van der Waals surface area contributed by atoms with Crippen LogP contribution in [0.15, 0.2) is 56.4 Å². The Morgan fingerprint density at radius 2 is 2.08 bits per heavy atom. The van der Waals surface area contributed by atoms with Crippen LogP contribution in [0.5, 0.6) is 0 Å². The predicted molar refractivity (Wildman–Crippen MR) is 93.1 cm³/mol. The molecule has 0 saturated carbocycles. The molecule has 0 amide bonds. The van der Waals surface area contributed by atoms with Crippen LogP contribution in [0.3, 0.4) is 0 Å². The van der Waals surface area contributed by atoms with Crippen LogP contribution < -0.4 is 16.4 Å². The lowest BCUT2D eigenvalue weighted by Gasteiger charge is -2.01. The number of fused-ring (bicyclic) bond motifs is 2. The summed E-state index contributed by atoms with van der Waals surface area (Å²) in [7, 11) is 0. The molecular weight excluding hydrogens is 374 g/mol. The zero-order valence-corrected chi connectivity index (χ0v) is 13.8. The summed E-state index contributed by atoms with van der Waals surface area (Å²) in [6, 6.07) is 10.4. The van der Waals surface area contributed by atoms with Crippen molar-refractivity contribution in [3.8, 4) is 0 Å². The van der Waals surface area contributed by atoms with Crippen molar-refractivity contribution in [2.24, 2.45) is 0 Å². The van der Waals surface area contributed by atoms with Crippen LogP contribution in [-0.4, -0.2) is 19.5 Å². The van der Waals surface area contributed by atoms with Gasteiger partial charge in [0.2, 0.25) is 5.55 Å². The van der Waals surface area contributed by atoms with Crippen LogP contribution in [0.2, 0.25) is 0 Å². The van der Waals surface area contributed by atoms with Gasteiger partial charge < -0.3 is 9.52 Å². The first kappa shape index (κ1) is 14.6. The summed E-state index contributed by atoms with van der Waals surface area (Å²) in [5, 5.41) is 11.4. The molecule has 0 spiro atoms. The predicted octanol–water partition coefficient (Wildman–Crippen LogP) is 1.72. The molecule has 0 aliphatic heterocycles. The van der Waals surface area contributed by atoms with E-state index in [1.807, 2.05) is 18.2 Å². The molecule has 7 heteroatoms. The van der Waals surface area contributed by atoms with Crippen LogP contribution >= 0.6 is 15.9 Å². The van der Waals surface area contributed by atoms with E-state index < -0.39 is 5.63 Å². The maximum Gasteiger partial charge on any atom is 0.347 e. The number of aromatic nitrogens is 3. The highest BCUT2D eigenvalue weighted by molar-refractivity contribution is 9.10. The Hall–Kier alpha value is -2.93. The third kappa shape index (κ3) is 2.21. The van der Waals surface area contributed by atoms with E-state index >= 15 is 0 Å². The highest BCUT2D eigenvalue weighted by Gasteiger charge is 2.13. The smallest absolute Gasteiger partial charge is 0.347 e. The summed E-state index contributed by atoms with van der Waals surface area (Å²) < 4.78 is 7.28. The Morgan fingerprint density at radius 1 is 1.25 bits per heavy atom. The van der Waals surface area contributed by atoms with Gasteiger partial charge in [-0.25, -0.2) is 14.8 Å². The summed E-state index contributed by atoms with van der Waals surface area (Å²) in [5.74, 6) is 0.310. The molecule has 0 saturated heterocycles. The van der Waals surface area contributed by atoms with E-state index in [9.17, 15) is 9.90 Å². The van der Waals surface area contributed by atoms with E-state index in [4.69, 9.17) is 4.42 Å². The van der Waals surface area contributed by atoms with Crippen LogP contribution in [0.4, 0.5) is 0 Å². The molecule has 0 aliphatic carbocycles. The summed E-state index contributed by atoms with van der Waals surface area (Å²) in [6.45, 7) is 3.52. The number of aliphatic hydroxyl groups is 1. The fraction of sp³-hybridized carbons (Fsp3) is 0. The summed E-state index contributed by atoms with van der Waals surface area (Å²) in [6.07, 6.45) is 1.80. The Balaban J connectivity index is 2.06. The molecule has 4 rings (SSSR count).